The number of fused-ring (bicyclic) bond motifs is 1. The second kappa shape index (κ2) is 5.68. The summed E-state index contributed by atoms with van der Waals surface area (Å²) in [5.41, 5.74) is 8.16. The summed E-state index contributed by atoms with van der Waals surface area (Å²) in [5, 5.41) is 1.19. The van der Waals surface area contributed by atoms with E-state index in [0.29, 0.717) is 0 Å². The van der Waals surface area contributed by atoms with E-state index in [1.165, 1.54) is 33.2 Å². The molecule has 0 radical (unpaired) electrons. The number of benzene rings is 3. The van der Waals surface area contributed by atoms with Gasteiger partial charge in [0.15, 0.2) is 0 Å². The predicted octanol–water partition coefficient (Wildman–Crippen LogP) is 6.69. The standard InChI is InChI=1S/C23H20O/c1-15-9-11-19(12-10-15)23-21(18-7-5-4-6-8-18)20-14-16(2)13-17(3)22(20)24-23/h4-14H,1-3H3. The molecule has 0 bridgehead atoms. The Kier molecular flexibility index (Phi) is 3.50. The molecule has 1 heteroatoms. The van der Waals surface area contributed by atoms with Gasteiger partial charge in [0, 0.05) is 16.5 Å². The number of hydrogen-bond donors (Lipinski definition) is 0. The topological polar surface area (TPSA) is 13.1 Å². The molecule has 3 aromatic carbocycles. The van der Waals surface area contributed by atoms with Gasteiger partial charge in [0.25, 0.3) is 0 Å². The summed E-state index contributed by atoms with van der Waals surface area (Å²) in [7, 11) is 0. The number of rotatable bonds is 2. The van der Waals surface area contributed by atoms with E-state index in [4.69, 9.17) is 4.42 Å². The zero-order valence-corrected chi connectivity index (χ0v) is 14.3. The second-order valence-corrected chi connectivity index (χ2v) is 6.50. The molecule has 0 N–H and O–H groups in total. The van der Waals surface area contributed by atoms with Crippen LogP contribution in [0.1, 0.15) is 16.7 Å². The van der Waals surface area contributed by atoms with Crippen LogP contribution in [0.25, 0.3) is 33.4 Å². The van der Waals surface area contributed by atoms with E-state index < -0.39 is 0 Å². The number of aryl methyl sites for hydroxylation is 3. The first-order valence-electron chi connectivity index (χ1n) is 8.29. The average Bonchev–Trinajstić information content (AvgIpc) is 2.96. The molecule has 0 saturated carbocycles. The molecule has 0 aliphatic heterocycles. The van der Waals surface area contributed by atoms with Gasteiger partial charge in [-0.1, -0.05) is 66.2 Å². The van der Waals surface area contributed by atoms with E-state index in [-0.39, 0.29) is 0 Å². The molecule has 0 atom stereocenters. The van der Waals surface area contributed by atoms with Crippen LogP contribution in [-0.4, -0.2) is 0 Å². The Labute approximate surface area is 142 Å². The molecular formula is C23H20O. The molecule has 4 aromatic rings. The van der Waals surface area contributed by atoms with Crippen LogP contribution >= 0.6 is 0 Å². The Balaban J connectivity index is 2.09. The third-order valence-corrected chi connectivity index (χ3v) is 4.50. The average molecular weight is 312 g/mol. The summed E-state index contributed by atoms with van der Waals surface area (Å²) in [6, 6.07) is 23.5. The Morgan fingerprint density at radius 1 is 0.667 bits per heavy atom. The molecule has 0 aliphatic rings. The van der Waals surface area contributed by atoms with E-state index in [0.717, 1.165) is 16.9 Å². The quantitative estimate of drug-likeness (QED) is 0.402. The van der Waals surface area contributed by atoms with Crippen molar-refractivity contribution in [1.29, 1.82) is 0 Å². The van der Waals surface area contributed by atoms with Gasteiger partial charge in [-0.25, -0.2) is 0 Å². The molecule has 0 amide bonds. The van der Waals surface area contributed by atoms with E-state index in [2.05, 4.69) is 81.4 Å². The van der Waals surface area contributed by atoms with Gasteiger partial charge >= 0.3 is 0 Å². The summed E-state index contributed by atoms with van der Waals surface area (Å²) in [4.78, 5) is 0. The van der Waals surface area contributed by atoms with Gasteiger partial charge in [0.2, 0.25) is 0 Å². The van der Waals surface area contributed by atoms with Crippen LogP contribution in [0.2, 0.25) is 0 Å². The maximum atomic E-state index is 6.37. The zero-order valence-electron chi connectivity index (χ0n) is 14.3. The van der Waals surface area contributed by atoms with Crippen LogP contribution in [0, 0.1) is 20.8 Å². The third-order valence-electron chi connectivity index (χ3n) is 4.50. The fourth-order valence-electron chi connectivity index (χ4n) is 3.35. The van der Waals surface area contributed by atoms with Crippen LogP contribution in [0.5, 0.6) is 0 Å². The fourth-order valence-corrected chi connectivity index (χ4v) is 3.35. The third kappa shape index (κ3) is 2.43. The van der Waals surface area contributed by atoms with Crippen molar-refractivity contribution in [2.75, 3.05) is 0 Å². The highest BCUT2D eigenvalue weighted by molar-refractivity contribution is 6.03. The van der Waals surface area contributed by atoms with Gasteiger partial charge in [-0.15, -0.1) is 0 Å². The number of furan rings is 1. The molecule has 0 unspecified atom stereocenters. The Morgan fingerprint density at radius 2 is 1.38 bits per heavy atom. The SMILES string of the molecule is Cc1ccc(-c2oc3c(C)cc(C)cc3c2-c2ccccc2)cc1. The molecule has 1 aromatic heterocycles. The minimum Gasteiger partial charge on any atom is -0.455 e. The highest BCUT2D eigenvalue weighted by atomic mass is 16.3. The monoisotopic (exact) mass is 312 g/mol. The molecule has 0 spiro atoms. The zero-order chi connectivity index (χ0) is 16.7. The van der Waals surface area contributed by atoms with E-state index in [1.54, 1.807) is 0 Å². The Bertz CT molecular complexity index is 1010. The molecule has 0 saturated heterocycles. The maximum Gasteiger partial charge on any atom is 0.143 e. The van der Waals surface area contributed by atoms with E-state index in [9.17, 15) is 0 Å². The first-order chi connectivity index (χ1) is 11.6. The van der Waals surface area contributed by atoms with Crippen LogP contribution in [0.3, 0.4) is 0 Å². The first-order valence-corrected chi connectivity index (χ1v) is 8.29. The van der Waals surface area contributed by atoms with Crippen molar-refractivity contribution in [2.24, 2.45) is 0 Å². The van der Waals surface area contributed by atoms with Crippen molar-refractivity contribution in [3.05, 3.63) is 83.4 Å². The smallest absolute Gasteiger partial charge is 0.143 e. The van der Waals surface area contributed by atoms with Gasteiger partial charge in [0.1, 0.15) is 11.3 Å². The first kappa shape index (κ1) is 14.8. The van der Waals surface area contributed by atoms with Gasteiger partial charge in [0.05, 0.1) is 0 Å². The Hall–Kier alpha value is -2.80. The minimum absolute atomic E-state index is 0.949. The highest BCUT2D eigenvalue weighted by Crippen LogP contribution is 2.42. The van der Waals surface area contributed by atoms with Gasteiger partial charge in [-0.3, -0.25) is 0 Å². The fraction of sp³-hybridized carbons (Fsp3) is 0.130. The second-order valence-electron chi connectivity index (χ2n) is 6.50. The predicted molar refractivity (Wildman–Crippen MR) is 101 cm³/mol. The van der Waals surface area contributed by atoms with Crippen molar-refractivity contribution in [3.63, 3.8) is 0 Å². The van der Waals surface area contributed by atoms with Crippen molar-refractivity contribution < 1.29 is 4.42 Å². The Morgan fingerprint density at radius 3 is 2.08 bits per heavy atom. The lowest BCUT2D eigenvalue weighted by Crippen LogP contribution is -1.82. The van der Waals surface area contributed by atoms with Gasteiger partial charge in [-0.2, -0.15) is 0 Å². The molecule has 1 heterocycles. The van der Waals surface area contributed by atoms with E-state index in [1.807, 2.05) is 6.07 Å². The van der Waals surface area contributed by atoms with Crippen molar-refractivity contribution in [3.8, 4) is 22.5 Å². The highest BCUT2D eigenvalue weighted by Gasteiger charge is 2.19. The van der Waals surface area contributed by atoms with Gasteiger partial charge < -0.3 is 4.42 Å². The van der Waals surface area contributed by atoms with Gasteiger partial charge in [-0.05, 0) is 43.5 Å². The molecule has 4 rings (SSSR count). The lowest BCUT2D eigenvalue weighted by atomic mass is 9.96. The normalized spacial score (nSPS) is 11.1. The lowest BCUT2D eigenvalue weighted by molar-refractivity contribution is 0.629. The molecule has 24 heavy (non-hydrogen) atoms. The van der Waals surface area contributed by atoms with Crippen molar-refractivity contribution in [1.82, 2.24) is 0 Å². The molecule has 1 nitrogen and oxygen atoms in total. The van der Waals surface area contributed by atoms with Crippen LogP contribution in [-0.2, 0) is 0 Å². The summed E-state index contributed by atoms with van der Waals surface area (Å²) in [5.74, 6) is 0.949. The molecule has 0 aliphatic carbocycles. The molecule has 118 valence electrons. The number of hydrogen-bond acceptors (Lipinski definition) is 1. The molecule has 0 fully saturated rings. The molecular weight excluding hydrogens is 292 g/mol. The largest absolute Gasteiger partial charge is 0.455 e. The van der Waals surface area contributed by atoms with E-state index >= 15 is 0 Å². The van der Waals surface area contributed by atoms with Crippen molar-refractivity contribution in [2.45, 2.75) is 20.8 Å². The minimum atomic E-state index is 0.949. The summed E-state index contributed by atoms with van der Waals surface area (Å²) in [6.07, 6.45) is 0. The van der Waals surface area contributed by atoms with Crippen molar-refractivity contribution >= 4 is 11.0 Å². The summed E-state index contributed by atoms with van der Waals surface area (Å²) in [6.45, 7) is 6.36. The lowest BCUT2D eigenvalue weighted by Gasteiger charge is -2.05. The van der Waals surface area contributed by atoms with Crippen LogP contribution < -0.4 is 0 Å². The summed E-state index contributed by atoms with van der Waals surface area (Å²) >= 11 is 0. The van der Waals surface area contributed by atoms with Crippen LogP contribution in [0.4, 0.5) is 0 Å². The summed E-state index contributed by atoms with van der Waals surface area (Å²) < 4.78 is 6.37. The van der Waals surface area contributed by atoms with Crippen LogP contribution in [0.15, 0.2) is 71.1 Å². The maximum absolute atomic E-state index is 6.37.